The quantitative estimate of drug-likeness (QED) is 0.582. The number of hydrogen-bond acceptors (Lipinski definition) is 3. The normalized spacial score (nSPS) is 23.6. The molecular formula is C13H22N2O5. The first-order valence-electron chi connectivity index (χ1n) is 6.87. The van der Waals surface area contributed by atoms with Gasteiger partial charge in [-0.3, -0.25) is 4.79 Å². The second kappa shape index (κ2) is 7.72. The van der Waals surface area contributed by atoms with E-state index in [1.807, 2.05) is 0 Å². The summed E-state index contributed by atoms with van der Waals surface area (Å²) in [5.41, 5.74) is 0. The van der Waals surface area contributed by atoms with Gasteiger partial charge in [-0.15, -0.1) is 0 Å². The molecule has 0 saturated heterocycles. The fourth-order valence-electron chi connectivity index (χ4n) is 2.57. The minimum absolute atomic E-state index is 0.409. The number of carboxylic acids is 2. The second-order valence-corrected chi connectivity index (χ2v) is 5.48. The molecule has 7 nitrogen and oxygen atoms in total. The number of urea groups is 1. The van der Waals surface area contributed by atoms with Crippen LogP contribution in [0.5, 0.6) is 0 Å². The van der Waals surface area contributed by atoms with Crippen LogP contribution < -0.4 is 10.6 Å². The van der Waals surface area contributed by atoms with Gasteiger partial charge in [-0.1, -0.05) is 19.8 Å². The molecule has 3 unspecified atom stereocenters. The highest BCUT2D eigenvalue weighted by molar-refractivity contribution is 5.86. The number of nitrogens with one attached hydrogen (secondary N) is 2. The predicted molar refractivity (Wildman–Crippen MR) is 71.3 cm³/mol. The maximum absolute atomic E-state index is 11.6. The van der Waals surface area contributed by atoms with Crippen LogP contribution in [-0.4, -0.2) is 40.8 Å². The van der Waals surface area contributed by atoms with Crippen LogP contribution in [0.25, 0.3) is 0 Å². The molecule has 1 aliphatic rings. The van der Waals surface area contributed by atoms with Crippen LogP contribution in [-0.2, 0) is 9.59 Å². The molecular weight excluding hydrogens is 264 g/mol. The van der Waals surface area contributed by atoms with Crippen molar-refractivity contribution in [1.29, 1.82) is 0 Å². The standard InChI is InChI=1S/C13H22N2O5/c1-8-3-2-4-9(5-8)7-14-13(20)15-10(12(18)19)6-11(16)17/h8-10H,2-7H2,1H3,(H,16,17)(H,18,19)(H2,14,15,20). The van der Waals surface area contributed by atoms with Crippen molar-refractivity contribution in [1.82, 2.24) is 10.6 Å². The zero-order valence-electron chi connectivity index (χ0n) is 11.6. The minimum Gasteiger partial charge on any atom is -0.481 e. The third-order valence-electron chi connectivity index (χ3n) is 3.58. The molecule has 0 heterocycles. The van der Waals surface area contributed by atoms with Crippen LogP contribution in [0.3, 0.4) is 0 Å². The summed E-state index contributed by atoms with van der Waals surface area (Å²) < 4.78 is 0. The SMILES string of the molecule is CC1CCCC(CNC(=O)NC(CC(=O)O)C(=O)O)C1. The number of amides is 2. The number of carbonyl (C=O) groups is 3. The van der Waals surface area contributed by atoms with Gasteiger partial charge in [0.2, 0.25) is 0 Å². The average Bonchev–Trinajstić information content (AvgIpc) is 2.35. The van der Waals surface area contributed by atoms with Crippen molar-refractivity contribution in [2.24, 2.45) is 11.8 Å². The summed E-state index contributed by atoms with van der Waals surface area (Å²) >= 11 is 0. The molecule has 3 atom stereocenters. The van der Waals surface area contributed by atoms with E-state index in [1.165, 1.54) is 6.42 Å². The van der Waals surface area contributed by atoms with Crippen molar-refractivity contribution in [3.05, 3.63) is 0 Å². The topological polar surface area (TPSA) is 116 Å². The van der Waals surface area contributed by atoms with E-state index >= 15 is 0 Å². The summed E-state index contributed by atoms with van der Waals surface area (Å²) in [6.45, 7) is 2.68. The van der Waals surface area contributed by atoms with E-state index in [0.29, 0.717) is 18.4 Å². The largest absolute Gasteiger partial charge is 0.481 e. The third-order valence-corrected chi connectivity index (χ3v) is 3.58. The third kappa shape index (κ3) is 5.90. The van der Waals surface area contributed by atoms with Gasteiger partial charge in [0.25, 0.3) is 0 Å². The van der Waals surface area contributed by atoms with Gasteiger partial charge in [0, 0.05) is 6.54 Å². The molecule has 1 rings (SSSR count). The zero-order valence-corrected chi connectivity index (χ0v) is 11.6. The Morgan fingerprint density at radius 1 is 1.25 bits per heavy atom. The highest BCUT2D eigenvalue weighted by atomic mass is 16.4. The lowest BCUT2D eigenvalue weighted by Crippen LogP contribution is -2.48. The molecule has 0 aromatic rings. The summed E-state index contributed by atoms with van der Waals surface area (Å²) in [4.78, 5) is 32.9. The fraction of sp³-hybridized carbons (Fsp3) is 0.769. The maximum Gasteiger partial charge on any atom is 0.326 e. The molecule has 1 saturated carbocycles. The van der Waals surface area contributed by atoms with E-state index in [1.54, 1.807) is 0 Å². The van der Waals surface area contributed by atoms with Crippen LogP contribution in [0, 0.1) is 11.8 Å². The Kier molecular flexibility index (Phi) is 6.27. The van der Waals surface area contributed by atoms with Crippen LogP contribution in [0.4, 0.5) is 4.79 Å². The molecule has 0 radical (unpaired) electrons. The van der Waals surface area contributed by atoms with E-state index in [4.69, 9.17) is 10.2 Å². The number of aliphatic carboxylic acids is 2. The highest BCUT2D eigenvalue weighted by Gasteiger charge is 2.24. The fourth-order valence-corrected chi connectivity index (χ4v) is 2.57. The van der Waals surface area contributed by atoms with Gasteiger partial charge in [0.05, 0.1) is 6.42 Å². The Hall–Kier alpha value is -1.79. The van der Waals surface area contributed by atoms with Gasteiger partial charge >= 0.3 is 18.0 Å². The van der Waals surface area contributed by atoms with E-state index in [0.717, 1.165) is 19.3 Å². The van der Waals surface area contributed by atoms with E-state index in [9.17, 15) is 14.4 Å². The molecule has 2 amide bonds. The molecule has 0 aromatic carbocycles. The zero-order chi connectivity index (χ0) is 15.1. The lowest BCUT2D eigenvalue weighted by atomic mass is 9.82. The first-order chi connectivity index (χ1) is 9.38. The van der Waals surface area contributed by atoms with Crippen LogP contribution in [0.1, 0.15) is 39.0 Å². The molecule has 1 aliphatic carbocycles. The average molecular weight is 286 g/mol. The molecule has 0 bridgehead atoms. The lowest BCUT2D eigenvalue weighted by Gasteiger charge is -2.27. The van der Waals surface area contributed by atoms with Crippen molar-refractivity contribution < 1.29 is 24.6 Å². The smallest absolute Gasteiger partial charge is 0.326 e. The Bertz CT molecular complexity index is 372. The summed E-state index contributed by atoms with van der Waals surface area (Å²) in [7, 11) is 0. The molecule has 20 heavy (non-hydrogen) atoms. The monoisotopic (exact) mass is 286 g/mol. The van der Waals surface area contributed by atoms with E-state index in [-0.39, 0.29) is 0 Å². The number of carboxylic acid groups (broad SMARTS) is 2. The van der Waals surface area contributed by atoms with Gasteiger partial charge in [-0.2, -0.15) is 0 Å². The highest BCUT2D eigenvalue weighted by Crippen LogP contribution is 2.27. The molecule has 4 N–H and O–H groups in total. The van der Waals surface area contributed by atoms with Crippen molar-refractivity contribution in [2.75, 3.05) is 6.54 Å². The Labute approximate surface area is 117 Å². The van der Waals surface area contributed by atoms with Crippen molar-refractivity contribution in [3.63, 3.8) is 0 Å². The molecule has 0 spiro atoms. The summed E-state index contributed by atoms with van der Waals surface area (Å²) in [6, 6.07) is -2.03. The van der Waals surface area contributed by atoms with E-state index < -0.39 is 30.4 Å². The van der Waals surface area contributed by atoms with E-state index in [2.05, 4.69) is 17.6 Å². The van der Waals surface area contributed by atoms with Gasteiger partial charge < -0.3 is 20.8 Å². The second-order valence-electron chi connectivity index (χ2n) is 5.48. The number of rotatable bonds is 6. The molecule has 1 fully saturated rings. The van der Waals surface area contributed by atoms with Gasteiger partial charge in [0.1, 0.15) is 6.04 Å². The maximum atomic E-state index is 11.6. The van der Waals surface area contributed by atoms with Gasteiger partial charge in [-0.05, 0) is 24.7 Å². The first-order valence-corrected chi connectivity index (χ1v) is 6.87. The Morgan fingerprint density at radius 2 is 1.95 bits per heavy atom. The summed E-state index contributed by atoms with van der Waals surface area (Å²) in [5, 5.41) is 22.2. The van der Waals surface area contributed by atoms with Crippen LogP contribution >= 0.6 is 0 Å². The minimum atomic E-state index is -1.40. The molecule has 0 aliphatic heterocycles. The Morgan fingerprint density at radius 3 is 2.50 bits per heavy atom. The van der Waals surface area contributed by atoms with Crippen molar-refractivity contribution in [2.45, 2.75) is 45.1 Å². The van der Waals surface area contributed by atoms with Crippen LogP contribution in [0.2, 0.25) is 0 Å². The summed E-state index contributed by atoms with van der Waals surface area (Å²) in [6.07, 6.45) is 3.83. The first kappa shape index (κ1) is 16.3. The van der Waals surface area contributed by atoms with Gasteiger partial charge in [0.15, 0.2) is 0 Å². The lowest BCUT2D eigenvalue weighted by molar-refractivity contribution is -0.145. The van der Waals surface area contributed by atoms with Crippen molar-refractivity contribution in [3.8, 4) is 0 Å². The summed E-state index contributed by atoms with van der Waals surface area (Å²) in [5.74, 6) is -1.56. The number of carbonyl (C=O) groups excluding carboxylic acids is 1. The Balaban J connectivity index is 2.34. The molecule has 0 aromatic heterocycles. The van der Waals surface area contributed by atoms with Crippen LogP contribution in [0.15, 0.2) is 0 Å². The molecule has 114 valence electrons. The van der Waals surface area contributed by atoms with Crippen molar-refractivity contribution >= 4 is 18.0 Å². The molecule has 7 heteroatoms. The number of hydrogen-bond donors (Lipinski definition) is 4. The van der Waals surface area contributed by atoms with Gasteiger partial charge in [-0.25, -0.2) is 9.59 Å². The predicted octanol–water partition coefficient (Wildman–Crippen LogP) is 1.04.